The number of hydrogen-bond acceptors (Lipinski definition) is 7. The molecule has 0 spiro atoms. The lowest BCUT2D eigenvalue weighted by Crippen LogP contribution is -2.27. The van der Waals surface area contributed by atoms with E-state index in [9.17, 15) is 9.18 Å². The van der Waals surface area contributed by atoms with E-state index in [1.807, 2.05) is 29.6 Å². The number of nitrogens with one attached hydrogen (secondary N) is 3. The molecule has 2 aliphatic rings. The van der Waals surface area contributed by atoms with Crippen molar-refractivity contribution in [3.8, 4) is 5.75 Å². The molecule has 2 aromatic heterocycles. The van der Waals surface area contributed by atoms with Gasteiger partial charge in [0.2, 0.25) is 5.91 Å². The number of rotatable bonds is 9. The van der Waals surface area contributed by atoms with Crippen LogP contribution in [0.3, 0.4) is 0 Å². The number of carbonyl (C=O) groups is 1. The molecule has 184 valence electrons. The maximum atomic E-state index is 14.3. The van der Waals surface area contributed by atoms with E-state index in [4.69, 9.17) is 4.74 Å². The second-order valence-corrected chi connectivity index (χ2v) is 9.98. The Kier molecular flexibility index (Phi) is 7.54. The number of halogens is 1. The van der Waals surface area contributed by atoms with Gasteiger partial charge in [-0.3, -0.25) is 4.79 Å². The molecular weight excluding hydrogens is 465 g/mol. The predicted octanol–water partition coefficient (Wildman–Crippen LogP) is 4.57. The van der Waals surface area contributed by atoms with E-state index in [0.717, 1.165) is 42.4 Å². The van der Waals surface area contributed by atoms with Crippen LogP contribution in [0.4, 0.5) is 15.3 Å². The zero-order valence-electron chi connectivity index (χ0n) is 19.6. The van der Waals surface area contributed by atoms with Gasteiger partial charge in [-0.1, -0.05) is 12.1 Å². The van der Waals surface area contributed by atoms with Crippen LogP contribution < -0.4 is 20.7 Å². The number of carbonyl (C=O) groups excluding carboxylic acids is 1. The minimum absolute atomic E-state index is 0.147. The lowest BCUT2D eigenvalue weighted by Gasteiger charge is -2.22. The Morgan fingerprint density at radius 3 is 3.03 bits per heavy atom. The van der Waals surface area contributed by atoms with Gasteiger partial charge in [0.05, 0.1) is 24.6 Å². The van der Waals surface area contributed by atoms with Crippen molar-refractivity contribution < 1.29 is 13.9 Å². The van der Waals surface area contributed by atoms with Crippen LogP contribution in [0.1, 0.15) is 48.4 Å². The van der Waals surface area contributed by atoms with Crippen molar-refractivity contribution in [2.45, 2.75) is 38.0 Å². The van der Waals surface area contributed by atoms with Crippen molar-refractivity contribution in [1.82, 2.24) is 15.3 Å². The molecule has 2 aliphatic heterocycles. The highest BCUT2D eigenvalue weighted by atomic mass is 32.1. The van der Waals surface area contributed by atoms with E-state index in [1.54, 1.807) is 0 Å². The average Bonchev–Trinajstić information content (AvgIpc) is 3.50. The van der Waals surface area contributed by atoms with E-state index in [-0.39, 0.29) is 24.1 Å². The van der Waals surface area contributed by atoms with Crippen LogP contribution in [-0.2, 0) is 11.2 Å². The molecule has 9 heteroatoms. The number of pyridine rings is 1. The zero-order valence-corrected chi connectivity index (χ0v) is 20.4. The summed E-state index contributed by atoms with van der Waals surface area (Å²) in [5, 5.41) is 11.8. The zero-order chi connectivity index (χ0) is 24.0. The molecule has 4 heterocycles. The Morgan fingerprint density at radius 2 is 2.14 bits per heavy atom. The third-order valence-electron chi connectivity index (χ3n) is 6.63. The van der Waals surface area contributed by atoms with Gasteiger partial charge in [0.1, 0.15) is 17.4 Å². The molecule has 1 unspecified atom stereocenters. The second-order valence-electron chi connectivity index (χ2n) is 9.12. The van der Waals surface area contributed by atoms with Gasteiger partial charge in [0.25, 0.3) is 0 Å². The summed E-state index contributed by atoms with van der Waals surface area (Å²) in [6.07, 6.45) is 6.43. The normalized spacial score (nSPS) is 17.6. The Labute approximate surface area is 208 Å². The van der Waals surface area contributed by atoms with E-state index in [0.29, 0.717) is 29.7 Å². The predicted molar refractivity (Wildman–Crippen MR) is 136 cm³/mol. The van der Waals surface area contributed by atoms with Crippen LogP contribution in [0.2, 0.25) is 0 Å². The molecular formula is C26H30FN5O2S. The maximum absolute atomic E-state index is 14.3. The van der Waals surface area contributed by atoms with Crippen molar-refractivity contribution in [1.29, 1.82) is 0 Å². The summed E-state index contributed by atoms with van der Waals surface area (Å²) in [6.45, 7) is 3.47. The van der Waals surface area contributed by atoms with Gasteiger partial charge in [0.15, 0.2) is 5.13 Å². The SMILES string of the molecule is O=C(Cc1cccc(OCCCC2CCNCC2)c1)Nc1nc(C2CNc3nccc(F)c32)cs1. The molecule has 0 saturated carbocycles. The first-order valence-electron chi connectivity index (χ1n) is 12.2. The average molecular weight is 496 g/mol. The molecule has 1 saturated heterocycles. The summed E-state index contributed by atoms with van der Waals surface area (Å²) in [7, 11) is 0. The van der Waals surface area contributed by atoms with Crippen molar-refractivity contribution in [3.63, 3.8) is 0 Å². The molecule has 3 aromatic rings. The van der Waals surface area contributed by atoms with Crippen LogP contribution in [0.15, 0.2) is 41.9 Å². The van der Waals surface area contributed by atoms with Crippen molar-refractivity contribution >= 4 is 28.2 Å². The summed E-state index contributed by atoms with van der Waals surface area (Å²) in [4.78, 5) is 21.4. The van der Waals surface area contributed by atoms with Crippen molar-refractivity contribution in [3.05, 3.63) is 64.5 Å². The molecule has 1 amide bonds. The van der Waals surface area contributed by atoms with Gasteiger partial charge in [-0.2, -0.15) is 0 Å². The highest BCUT2D eigenvalue weighted by molar-refractivity contribution is 7.13. The van der Waals surface area contributed by atoms with Crippen LogP contribution in [0.25, 0.3) is 0 Å². The minimum atomic E-state index is -0.294. The monoisotopic (exact) mass is 495 g/mol. The number of benzene rings is 1. The molecule has 0 bridgehead atoms. The Bertz CT molecular complexity index is 1160. The molecule has 0 aliphatic carbocycles. The smallest absolute Gasteiger partial charge is 0.230 e. The number of fused-ring (bicyclic) bond motifs is 1. The van der Waals surface area contributed by atoms with Crippen LogP contribution >= 0.6 is 11.3 Å². The lowest BCUT2D eigenvalue weighted by molar-refractivity contribution is -0.115. The van der Waals surface area contributed by atoms with Crippen molar-refractivity contribution in [2.75, 3.05) is 36.9 Å². The lowest BCUT2D eigenvalue weighted by atomic mass is 9.93. The van der Waals surface area contributed by atoms with Gasteiger partial charge < -0.3 is 20.7 Å². The van der Waals surface area contributed by atoms with Gasteiger partial charge in [-0.25, -0.2) is 14.4 Å². The maximum Gasteiger partial charge on any atom is 0.230 e. The molecule has 3 N–H and O–H groups in total. The van der Waals surface area contributed by atoms with Gasteiger partial charge in [-0.05, 0) is 68.5 Å². The fourth-order valence-corrected chi connectivity index (χ4v) is 5.59. The molecule has 1 fully saturated rings. The van der Waals surface area contributed by atoms with Gasteiger partial charge in [-0.15, -0.1) is 11.3 Å². The highest BCUT2D eigenvalue weighted by Gasteiger charge is 2.30. The van der Waals surface area contributed by atoms with E-state index >= 15 is 0 Å². The number of anilines is 2. The quantitative estimate of drug-likeness (QED) is 0.377. The van der Waals surface area contributed by atoms with E-state index < -0.39 is 0 Å². The first kappa shape index (κ1) is 23.7. The van der Waals surface area contributed by atoms with Gasteiger partial charge in [0, 0.05) is 23.7 Å². The van der Waals surface area contributed by atoms with Gasteiger partial charge >= 0.3 is 0 Å². The van der Waals surface area contributed by atoms with Crippen molar-refractivity contribution in [2.24, 2.45) is 5.92 Å². The summed E-state index contributed by atoms with van der Waals surface area (Å²) >= 11 is 1.34. The highest BCUT2D eigenvalue weighted by Crippen LogP contribution is 2.37. The molecule has 7 nitrogen and oxygen atoms in total. The van der Waals surface area contributed by atoms with E-state index in [1.165, 1.54) is 42.9 Å². The van der Waals surface area contributed by atoms with Crippen LogP contribution in [0.5, 0.6) is 5.75 Å². The van der Waals surface area contributed by atoms with Crippen LogP contribution in [0, 0.1) is 11.7 Å². The number of thiazole rings is 1. The number of hydrogen-bond donors (Lipinski definition) is 3. The molecule has 5 rings (SSSR count). The fourth-order valence-electron chi connectivity index (χ4n) is 4.81. The largest absolute Gasteiger partial charge is 0.494 e. The number of aromatic nitrogens is 2. The molecule has 1 atom stereocenters. The summed E-state index contributed by atoms with van der Waals surface area (Å²) in [5.74, 6) is 1.49. The fraction of sp³-hybridized carbons (Fsp3) is 0.423. The first-order chi connectivity index (χ1) is 17.2. The minimum Gasteiger partial charge on any atom is -0.494 e. The third kappa shape index (κ3) is 5.97. The number of nitrogens with zero attached hydrogens (tertiary/aromatic N) is 2. The first-order valence-corrected chi connectivity index (χ1v) is 13.1. The summed E-state index contributed by atoms with van der Waals surface area (Å²) in [5.41, 5.74) is 2.14. The Hall–Kier alpha value is -3.04. The summed E-state index contributed by atoms with van der Waals surface area (Å²) in [6, 6.07) is 9.06. The number of ether oxygens (including phenoxy) is 1. The summed E-state index contributed by atoms with van der Waals surface area (Å²) < 4.78 is 20.3. The Balaban J connectivity index is 1.11. The van der Waals surface area contributed by atoms with Crippen LogP contribution in [-0.4, -0.2) is 42.1 Å². The topological polar surface area (TPSA) is 88.2 Å². The number of piperidine rings is 1. The standard InChI is InChI=1S/C26H30FN5O2S/c27-21-8-11-29-25-24(21)20(15-30-25)22-16-35-26(31-22)32-23(33)14-18-3-1-5-19(13-18)34-12-2-4-17-6-9-28-10-7-17/h1,3,5,8,11,13,16-17,20,28H,2,4,6-7,9-10,12,14-15H2,(H,29,30)(H,31,32,33). The molecule has 0 radical (unpaired) electrons. The Morgan fingerprint density at radius 1 is 1.26 bits per heavy atom. The third-order valence-corrected chi connectivity index (χ3v) is 7.41. The molecule has 35 heavy (non-hydrogen) atoms. The number of amides is 1. The molecule has 1 aromatic carbocycles. The second kappa shape index (κ2) is 11.1. The van der Waals surface area contributed by atoms with E-state index in [2.05, 4.69) is 25.9 Å².